The van der Waals surface area contributed by atoms with E-state index in [9.17, 15) is 22.0 Å². The third-order valence-electron chi connectivity index (χ3n) is 7.00. The van der Waals surface area contributed by atoms with E-state index in [1.165, 1.54) is 22.9 Å². The molecular weight excluding hydrogens is 500 g/mol. The molecule has 0 radical (unpaired) electrons. The van der Waals surface area contributed by atoms with Crippen LogP contribution >= 0.6 is 12.4 Å². The maximum absolute atomic E-state index is 14.1. The van der Waals surface area contributed by atoms with Crippen LogP contribution in [-0.4, -0.2) is 71.3 Å². The Morgan fingerprint density at radius 2 is 1.66 bits per heavy atom. The molecule has 2 aromatic rings. The van der Waals surface area contributed by atoms with E-state index in [1.54, 1.807) is 11.6 Å². The number of piperazine rings is 1. The number of rotatable bonds is 6. The van der Waals surface area contributed by atoms with Crippen LogP contribution in [-0.2, 0) is 17.1 Å². The summed E-state index contributed by atoms with van der Waals surface area (Å²) in [5.74, 6) is -2.54. The van der Waals surface area contributed by atoms with E-state index in [2.05, 4.69) is 15.2 Å². The molecule has 1 aliphatic heterocycles. The number of hydrogen-bond donors (Lipinski definition) is 1. The number of aryl methyl sites for hydroxylation is 1. The lowest BCUT2D eigenvalue weighted by Gasteiger charge is -2.47. The van der Waals surface area contributed by atoms with Crippen LogP contribution in [0.3, 0.4) is 0 Å². The van der Waals surface area contributed by atoms with E-state index in [1.807, 2.05) is 0 Å². The van der Waals surface area contributed by atoms with Crippen molar-refractivity contribution in [2.24, 2.45) is 7.05 Å². The first-order chi connectivity index (χ1) is 16.2. The van der Waals surface area contributed by atoms with Crippen molar-refractivity contribution < 1.29 is 22.0 Å². The molecule has 1 aliphatic carbocycles. The molecule has 2 fully saturated rings. The number of imidazole rings is 1. The number of hydrogen-bond acceptors (Lipinski definition) is 5. The molecule has 194 valence electrons. The molecule has 0 spiro atoms. The van der Waals surface area contributed by atoms with Gasteiger partial charge in [-0.15, -0.1) is 12.4 Å². The second-order valence-electron chi connectivity index (χ2n) is 9.19. The quantitative estimate of drug-likeness (QED) is 0.579. The van der Waals surface area contributed by atoms with Crippen LogP contribution in [0, 0.1) is 11.6 Å². The van der Waals surface area contributed by atoms with E-state index in [0.717, 1.165) is 50.7 Å². The SMILES string of the molecule is Cl.Cn1cnc(S(=O)(=O)N2CCN(C3(CNC(=O)c4c(F)cccc4F)CCCCCC3)CC2)c1. The normalized spacial score (nSPS) is 19.5. The lowest BCUT2D eigenvalue weighted by Crippen LogP contribution is -2.61. The van der Waals surface area contributed by atoms with Gasteiger partial charge in [0, 0.05) is 51.5 Å². The number of sulfonamides is 1. The Kier molecular flexibility index (Phi) is 8.90. The summed E-state index contributed by atoms with van der Waals surface area (Å²) in [7, 11) is -1.95. The van der Waals surface area contributed by atoms with Gasteiger partial charge in [-0.1, -0.05) is 31.7 Å². The summed E-state index contributed by atoms with van der Waals surface area (Å²) < 4.78 is 57.2. The number of benzene rings is 1. The second-order valence-corrected chi connectivity index (χ2v) is 11.1. The lowest BCUT2D eigenvalue weighted by molar-refractivity contribution is 0.0390. The summed E-state index contributed by atoms with van der Waals surface area (Å²) in [6.45, 7) is 1.91. The third-order valence-corrected chi connectivity index (χ3v) is 8.78. The number of nitrogens with one attached hydrogen (secondary N) is 1. The van der Waals surface area contributed by atoms with Crippen LogP contribution in [0.15, 0.2) is 35.7 Å². The summed E-state index contributed by atoms with van der Waals surface area (Å²) >= 11 is 0. The van der Waals surface area contributed by atoms with E-state index < -0.39 is 33.1 Å². The van der Waals surface area contributed by atoms with Crippen molar-refractivity contribution in [2.45, 2.75) is 49.1 Å². The third kappa shape index (κ3) is 5.84. The number of amides is 1. The van der Waals surface area contributed by atoms with Crippen molar-refractivity contribution in [2.75, 3.05) is 32.7 Å². The largest absolute Gasteiger partial charge is 0.350 e. The van der Waals surface area contributed by atoms with E-state index in [-0.39, 0.29) is 29.5 Å². The molecule has 35 heavy (non-hydrogen) atoms. The van der Waals surface area contributed by atoms with Gasteiger partial charge in [0.25, 0.3) is 15.9 Å². The average Bonchev–Trinajstić information content (AvgIpc) is 3.12. The first-order valence-electron chi connectivity index (χ1n) is 11.7. The summed E-state index contributed by atoms with van der Waals surface area (Å²) in [4.78, 5) is 18.9. The van der Waals surface area contributed by atoms with E-state index in [0.29, 0.717) is 26.2 Å². The Labute approximate surface area is 211 Å². The van der Waals surface area contributed by atoms with Crippen LogP contribution in [0.2, 0.25) is 0 Å². The number of nitrogens with zero attached hydrogens (tertiary/aromatic N) is 4. The summed E-state index contributed by atoms with van der Waals surface area (Å²) in [6, 6.07) is 3.37. The molecule has 1 aromatic heterocycles. The Balaban J connectivity index is 0.00000342. The minimum Gasteiger partial charge on any atom is -0.350 e. The topological polar surface area (TPSA) is 87.5 Å². The second kappa shape index (κ2) is 11.3. The van der Waals surface area contributed by atoms with Crippen molar-refractivity contribution in [1.29, 1.82) is 0 Å². The fraction of sp³-hybridized carbons (Fsp3) is 0.565. The van der Waals surface area contributed by atoms with Gasteiger partial charge in [-0.3, -0.25) is 9.69 Å². The minimum absolute atomic E-state index is 0. The molecule has 1 saturated carbocycles. The molecule has 2 aliphatic rings. The van der Waals surface area contributed by atoms with Crippen LogP contribution < -0.4 is 5.32 Å². The predicted octanol–water partition coefficient (Wildman–Crippen LogP) is 2.95. The standard InChI is InChI=1S/C23H31F2N5O3S.ClH/c1-28-15-20(27-17-28)34(32,33)30-13-11-29(12-14-30)23(9-4-2-3-5-10-23)16-26-22(31)21-18(24)7-6-8-19(21)25;/h6-8,15,17H,2-5,9-14,16H2,1H3,(H,26,31);1H. The summed E-state index contributed by atoms with van der Waals surface area (Å²) in [5, 5.41) is 2.82. The fourth-order valence-corrected chi connectivity index (χ4v) is 6.48. The molecule has 8 nitrogen and oxygen atoms in total. The lowest BCUT2D eigenvalue weighted by atomic mass is 9.87. The smallest absolute Gasteiger partial charge is 0.262 e. The maximum Gasteiger partial charge on any atom is 0.262 e. The van der Waals surface area contributed by atoms with Gasteiger partial charge in [0.15, 0.2) is 5.03 Å². The molecule has 2 heterocycles. The van der Waals surface area contributed by atoms with Crippen LogP contribution in [0.4, 0.5) is 8.78 Å². The van der Waals surface area contributed by atoms with Gasteiger partial charge in [-0.2, -0.15) is 4.31 Å². The highest BCUT2D eigenvalue weighted by molar-refractivity contribution is 7.89. The zero-order chi connectivity index (χ0) is 24.3. The van der Waals surface area contributed by atoms with Gasteiger partial charge in [0.2, 0.25) is 0 Å². The number of carbonyl (C=O) groups is 1. The van der Waals surface area contributed by atoms with Crippen molar-refractivity contribution in [3.05, 3.63) is 47.9 Å². The molecule has 0 atom stereocenters. The number of carbonyl (C=O) groups excluding carboxylic acids is 1. The highest BCUT2D eigenvalue weighted by Gasteiger charge is 2.41. The molecule has 0 bridgehead atoms. The Morgan fingerprint density at radius 3 is 2.20 bits per heavy atom. The Bertz CT molecular complexity index is 1110. The monoisotopic (exact) mass is 531 g/mol. The predicted molar refractivity (Wildman–Crippen MR) is 130 cm³/mol. The van der Waals surface area contributed by atoms with Crippen molar-refractivity contribution >= 4 is 28.3 Å². The van der Waals surface area contributed by atoms with E-state index in [4.69, 9.17) is 0 Å². The molecular formula is C23H32ClF2N5O3S. The first kappa shape index (κ1) is 27.5. The van der Waals surface area contributed by atoms with Gasteiger partial charge in [-0.05, 0) is 25.0 Å². The fourth-order valence-electron chi connectivity index (χ4n) is 5.10. The van der Waals surface area contributed by atoms with Crippen molar-refractivity contribution in [3.63, 3.8) is 0 Å². The van der Waals surface area contributed by atoms with Crippen molar-refractivity contribution in [3.8, 4) is 0 Å². The summed E-state index contributed by atoms with van der Waals surface area (Å²) in [5.41, 5.74) is -0.952. The molecule has 1 N–H and O–H groups in total. The Hall–Kier alpha value is -2.08. The highest BCUT2D eigenvalue weighted by atomic mass is 35.5. The van der Waals surface area contributed by atoms with E-state index >= 15 is 0 Å². The summed E-state index contributed by atoms with van der Waals surface area (Å²) in [6.07, 6.45) is 8.76. The van der Waals surface area contributed by atoms with Gasteiger partial charge < -0.3 is 9.88 Å². The zero-order valence-corrected chi connectivity index (χ0v) is 21.4. The molecule has 0 unspecified atom stereocenters. The minimum atomic E-state index is -3.67. The number of aromatic nitrogens is 2. The van der Waals surface area contributed by atoms with Gasteiger partial charge >= 0.3 is 0 Å². The molecule has 1 aromatic carbocycles. The Morgan fingerprint density at radius 1 is 1.06 bits per heavy atom. The molecule has 1 saturated heterocycles. The molecule has 12 heteroatoms. The highest BCUT2D eigenvalue weighted by Crippen LogP contribution is 2.34. The van der Waals surface area contributed by atoms with Crippen LogP contribution in [0.25, 0.3) is 0 Å². The zero-order valence-electron chi connectivity index (χ0n) is 19.8. The van der Waals surface area contributed by atoms with Crippen LogP contribution in [0.5, 0.6) is 0 Å². The molecule has 1 amide bonds. The van der Waals surface area contributed by atoms with Gasteiger partial charge in [0.1, 0.15) is 17.2 Å². The average molecular weight is 532 g/mol. The number of halogens is 3. The van der Waals surface area contributed by atoms with Gasteiger partial charge in [0.05, 0.1) is 6.33 Å². The molecule has 4 rings (SSSR count). The maximum atomic E-state index is 14.1. The van der Waals surface area contributed by atoms with Gasteiger partial charge in [-0.25, -0.2) is 22.2 Å². The van der Waals surface area contributed by atoms with Crippen LogP contribution in [0.1, 0.15) is 48.9 Å². The van der Waals surface area contributed by atoms with Crippen molar-refractivity contribution in [1.82, 2.24) is 24.1 Å². The first-order valence-corrected chi connectivity index (χ1v) is 13.1.